The molecule has 1 unspecified atom stereocenters. The van der Waals surface area contributed by atoms with E-state index in [9.17, 15) is 9.59 Å². The Hall–Kier alpha value is -2.64. The van der Waals surface area contributed by atoms with Gasteiger partial charge in [0, 0.05) is 17.7 Å². The molecule has 0 bridgehead atoms. The van der Waals surface area contributed by atoms with Crippen molar-refractivity contribution < 1.29 is 19.1 Å². The average molecular weight is 401 g/mol. The third kappa shape index (κ3) is 4.43. The van der Waals surface area contributed by atoms with Crippen LogP contribution in [-0.4, -0.2) is 37.2 Å². The summed E-state index contributed by atoms with van der Waals surface area (Å²) >= 11 is 1.57. The van der Waals surface area contributed by atoms with Crippen LogP contribution in [0.3, 0.4) is 0 Å². The lowest BCUT2D eigenvalue weighted by Crippen LogP contribution is -2.47. The highest BCUT2D eigenvalue weighted by Crippen LogP contribution is 2.32. The van der Waals surface area contributed by atoms with Gasteiger partial charge in [0.2, 0.25) is 0 Å². The van der Waals surface area contributed by atoms with Gasteiger partial charge in [-0.3, -0.25) is 4.90 Å². The number of allylic oxidation sites excluding steroid dienone is 1. The van der Waals surface area contributed by atoms with Crippen molar-refractivity contribution >= 4 is 23.3 Å². The number of rotatable bonds is 7. The van der Waals surface area contributed by atoms with E-state index in [1.165, 1.54) is 0 Å². The third-order valence-corrected chi connectivity index (χ3v) is 5.47. The van der Waals surface area contributed by atoms with Gasteiger partial charge >= 0.3 is 12.0 Å². The minimum Gasteiger partial charge on any atom is -0.460 e. The van der Waals surface area contributed by atoms with Crippen molar-refractivity contribution in [2.75, 3.05) is 20.3 Å². The molecule has 2 aromatic rings. The molecular weight excluding hydrogens is 376 g/mol. The molecular formula is C21H24N2O4S. The number of hydrogen-bond donors (Lipinski definition) is 1. The number of thiophene rings is 1. The smallest absolute Gasteiger partial charge is 0.338 e. The van der Waals surface area contributed by atoms with E-state index in [-0.39, 0.29) is 12.6 Å². The van der Waals surface area contributed by atoms with Gasteiger partial charge in [0.15, 0.2) is 0 Å². The van der Waals surface area contributed by atoms with Crippen molar-refractivity contribution in [2.45, 2.75) is 26.4 Å². The number of urea groups is 1. The van der Waals surface area contributed by atoms with Gasteiger partial charge in [-0.1, -0.05) is 35.9 Å². The predicted molar refractivity (Wildman–Crippen MR) is 108 cm³/mol. The van der Waals surface area contributed by atoms with Crippen molar-refractivity contribution in [3.05, 3.63) is 69.1 Å². The van der Waals surface area contributed by atoms with Gasteiger partial charge in [0.25, 0.3) is 0 Å². The summed E-state index contributed by atoms with van der Waals surface area (Å²) < 4.78 is 10.4. The lowest BCUT2D eigenvalue weighted by molar-refractivity contribution is -0.140. The fraction of sp³-hybridized carbons (Fsp3) is 0.333. The number of nitrogens with one attached hydrogen (secondary N) is 1. The highest BCUT2D eigenvalue weighted by molar-refractivity contribution is 7.09. The number of benzene rings is 1. The number of methoxy groups -OCH3 is 1. The van der Waals surface area contributed by atoms with Crippen LogP contribution in [0.1, 0.15) is 29.0 Å². The zero-order chi connectivity index (χ0) is 20.1. The molecule has 0 saturated carbocycles. The lowest BCUT2D eigenvalue weighted by Gasteiger charge is -2.35. The Morgan fingerprint density at radius 3 is 2.71 bits per heavy atom. The summed E-state index contributed by atoms with van der Waals surface area (Å²) in [7, 11) is 1.55. The summed E-state index contributed by atoms with van der Waals surface area (Å²) in [6, 6.07) is 10.9. The largest absolute Gasteiger partial charge is 0.460 e. The fourth-order valence-electron chi connectivity index (χ4n) is 3.19. The van der Waals surface area contributed by atoms with Crippen molar-refractivity contribution in [3.8, 4) is 0 Å². The molecule has 3 rings (SSSR count). The maximum Gasteiger partial charge on any atom is 0.338 e. The van der Waals surface area contributed by atoms with Crippen LogP contribution >= 0.6 is 11.3 Å². The Bertz CT molecular complexity index is 876. The first-order valence-corrected chi connectivity index (χ1v) is 9.93. The summed E-state index contributed by atoms with van der Waals surface area (Å²) in [5.41, 5.74) is 2.95. The number of carbonyl (C=O) groups is 2. The fourth-order valence-corrected chi connectivity index (χ4v) is 3.88. The molecule has 0 aliphatic carbocycles. The van der Waals surface area contributed by atoms with Crippen LogP contribution in [0, 0.1) is 6.92 Å². The van der Waals surface area contributed by atoms with Crippen molar-refractivity contribution in [2.24, 2.45) is 0 Å². The second-order valence-corrected chi connectivity index (χ2v) is 7.62. The van der Waals surface area contributed by atoms with Gasteiger partial charge in [-0.15, -0.1) is 11.3 Å². The number of esters is 1. The molecule has 2 heterocycles. The number of aryl methyl sites for hydroxylation is 1. The van der Waals surface area contributed by atoms with Crippen molar-refractivity contribution in [1.82, 2.24) is 10.2 Å². The molecule has 1 N–H and O–H groups in total. The molecule has 0 spiro atoms. The van der Waals surface area contributed by atoms with Gasteiger partial charge in [-0.2, -0.15) is 0 Å². The first-order valence-electron chi connectivity index (χ1n) is 9.05. The molecule has 1 aromatic heterocycles. The normalized spacial score (nSPS) is 16.9. The molecule has 1 aliphatic heterocycles. The molecule has 28 heavy (non-hydrogen) atoms. The summed E-state index contributed by atoms with van der Waals surface area (Å²) in [6.45, 7) is 4.65. The van der Waals surface area contributed by atoms with Gasteiger partial charge in [0.05, 0.1) is 24.8 Å². The van der Waals surface area contributed by atoms with Crippen LogP contribution in [0.5, 0.6) is 0 Å². The summed E-state index contributed by atoms with van der Waals surface area (Å²) in [5, 5.41) is 4.94. The highest BCUT2D eigenvalue weighted by Gasteiger charge is 2.36. The van der Waals surface area contributed by atoms with Crippen LogP contribution in [0.15, 0.2) is 53.0 Å². The Labute approximate surface area is 168 Å². The standard InChI is InChI=1S/C21H24N2O4S/c1-14-6-4-7-16(12-14)19-18(20(24)27-10-9-26-3)15(2)23(21(25)22-19)13-17-8-5-11-28-17/h4-8,11-12,19H,9-10,13H2,1-3H3,(H,22,25). The van der Waals surface area contributed by atoms with Crippen molar-refractivity contribution in [1.29, 1.82) is 0 Å². The van der Waals surface area contributed by atoms with Gasteiger partial charge in [-0.05, 0) is 30.9 Å². The van der Waals surface area contributed by atoms with E-state index in [1.807, 2.05) is 48.7 Å². The molecule has 2 amide bonds. The van der Waals surface area contributed by atoms with E-state index in [1.54, 1.807) is 30.3 Å². The summed E-state index contributed by atoms with van der Waals surface area (Å²) in [4.78, 5) is 28.4. The molecule has 1 atom stereocenters. The Kier molecular flexibility index (Phi) is 6.49. The lowest BCUT2D eigenvalue weighted by atomic mass is 9.94. The molecule has 0 radical (unpaired) electrons. The van der Waals surface area contributed by atoms with Crippen LogP contribution in [0.25, 0.3) is 0 Å². The van der Waals surface area contributed by atoms with Gasteiger partial charge < -0.3 is 14.8 Å². The number of amides is 2. The predicted octanol–water partition coefficient (Wildman–Crippen LogP) is 3.79. The maximum absolute atomic E-state index is 12.9. The minimum absolute atomic E-state index is 0.158. The molecule has 0 fully saturated rings. The van der Waals surface area contributed by atoms with Crippen LogP contribution in [0.4, 0.5) is 4.79 Å². The van der Waals surface area contributed by atoms with Crippen LogP contribution < -0.4 is 5.32 Å². The van der Waals surface area contributed by atoms with E-state index in [2.05, 4.69) is 5.32 Å². The molecule has 0 saturated heterocycles. The number of nitrogens with zero attached hydrogens (tertiary/aromatic N) is 1. The van der Waals surface area contributed by atoms with Gasteiger partial charge in [-0.25, -0.2) is 9.59 Å². The molecule has 148 valence electrons. The van der Waals surface area contributed by atoms with Crippen LogP contribution in [0.2, 0.25) is 0 Å². The maximum atomic E-state index is 12.9. The zero-order valence-electron chi connectivity index (χ0n) is 16.2. The molecule has 7 heteroatoms. The van der Waals surface area contributed by atoms with Crippen molar-refractivity contribution in [3.63, 3.8) is 0 Å². The quantitative estimate of drug-likeness (QED) is 0.567. The Morgan fingerprint density at radius 1 is 1.21 bits per heavy atom. The second kappa shape index (κ2) is 9.03. The monoisotopic (exact) mass is 400 g/mol. The van der Waals surface area contributed by atoms with E-state index < -0.39 is 12.0 Å². The first-order chi connectivity index (χ1) is 13.5. The SMILES string of the molecule is COCCOC(=O)C1=C(C)N(Cc2cccs2)C(=O)NC1c1cccc(C)c1. The number of ether oxygens (including phenoxy) is 2. The Balaban J connectivity index is 1.98. The third-order valence-electron chi connectivity index (χ3n) is 4.61. The summed E-state index contributed by atoms with van der Waals surface area (Å²) in [6.07, 6.45) is 0. The van der Waals surface area contributed by atoms with E-state index >= 15 is 0 Å². The van der Waals surface area contributed by atoms with Gasteiger partial charge in [0.1, 0.15) is 6.61 Å². The first kappa shape index (κ1) is 20.1. The van der Waals surface area contributed by atoms with E-state index in [4.69, 9.17) is 9.47 Å². The summed E-state index contributed by atoms with van der Waals surface area (Å²) in [5.74, 6) is -0.447. The molecule has 6 nitrogen and oxygen atoms in total. The molecule has 1 aromatic carbocycles. The zero-order valence-corrected chi connectivity index (χ0v) is 17.0. The van der Waals surface area contributed by atoms with E-state index in [0.29, 0.717) is 24.4 Å². The number of carbonyl (C=O) groups excluding carboxylic acids is 2. The topological polar surface area (TPSA) is 67.9 Å². The van der Waals surface area contributed by atoms with E-state index in [0.717, 1.165) is 16.0 Å². The second-order valence-electron chi connectivity index (χ2n) is 6.59. The Morgan fingerprint density at radius 2 is 2.04 bits per heavy atom. The molecule has 1 aliphatic rings. The van der Waals surface area contributed by atoms with Crippen LogP contribution in [-0.2, 0) is 20.8 Å². The average Bonchev–Trinajstić information content (AvgIpc) is 3.18. The minimum atomic E-state index is -0.554. The number of hydrogen-bond acceptors (Lipinski definition) is 5. The highest BCUT2D eigenvalue weighted by atomic mass is 32.1.